The average molecular weight is 354 g/mol. The normalized spacial score (nSPS) is 14.4. The van der Waals surface area contributed by atoms with E-state index < -0.39 is 15.6 Å². The first-order valence-electron chi connectivity index (χ1n) is 7.28. The van der Waals surface area contributed by atoms with Crippen LogP contribution >= 0.6 is 11.6 Å². The molecule has 1 atom stereocenters. The number of rotatable bonds is 7. The van der Waals surface area contributed by atoms with Gasteiger partial charge in [-0.25, -0.2) is 13.1 Å². The number of aryl methyl sites for hydroxylation is 1. The summed E-state index contributed by atoms with van der Waals surface area (Å²) in [5.74, 6) is -0.0201. The van der Waals surface area contributed by atoms with Gasteiger partial charge in [0.05, 0.1) is 5.75 Å². The van der Waals surface area contributed by atoms with Gasteiger partial charge in [0, 0.05) is 11.6 Å². The van der Waals surface area contributed by atoms with Gasteiger partial charge in [0.25, 0.3) is 0 Å². The van der Waals surface area contributed by atoms with Crippen LogP contribution in [-0.4, -0.2) is 25.8 Å². The van der Waals surface area contributed by atoms with Crippen LogP contribution in [-0.2, 0) is 22.0 Å². The van der Waals surface area contributed by atoms with Crippen molar-refractivity contribution in [2.75, 3.05) is 12.3 Å². The Morgan fingerprint density at radius 2 is 1.70 bits per heavy atom. The zero-order valence-electron chi connectivity index (χ0n) is 12.9. The van der Waals surface area contributed by atoms with Gasteiger partial charge in [-0.1, -0.05) is 54.1 Å². The molecule has 0 amide bonds. The van der Waals surface area contributed by atoms with Crippen LogP contribution in [0.15, 0.2) is 54.6 Å². The summed E-state index contributed by atoms with van der Waals surface area (Å²) in [5.41, 5.74) is 0.264. The quantitative estimate of drug-likeness (QED) is 0.804. The second-order valence-electron chi connectivity index (χ2n) is 5.66. The lowest BCUT2D eigenvalue weighted by Crippen LogP contribution is -2.39. The lowest BCUT2D eigenvalue weighted by atomic mass is 9.97. The van der Waals surface area contributed by atoms with E-state index in [1.807, 2.05) is 30.3 Å². The molecule has 23 heavy (non-hydrogen) atoms. The summed E-state index contributed by atoms with van der Waals surface area (Å²) in [7, 11) is -3.47. The number of hydrogen-bond donors (Lipinski definition) is 2. The first-order valence-corrected chi connectivity index (χ1v) is 9.31. The third kappa shape index (κ3) is 5.62. The van der Waals surface area contributed by atoms with Crippen molar-refractivity contribution >= 4 is 21.6 Å². The number of sulfonamides is 1. The molecule has 6 heteroatoms. The van der Waals surface area contributed by atoms with Gasteiger partial charge >= 0.3 is 0 Å². The van der Waals surface area contributed by atoms with E-state index in [0.717, 1.165) is 5.56 Å². The second kappa shape index (κ2) is 7.45. The summed E-state index contributed by atoms with van der Waals surface area (Å²) in [6.45, 7) is 1.47. The molecule has 0 fully saturated rings. The maximum absolute atomic E-state index is 12.1. The van der Waals surface area contributed by atoms with Crippen molar-refractivity contribution < 1.29 is 13.5 Å². The molecule has 2 rings (SSSR count). The van der Waals surface area contributed by atoms with Gasteiger partial charge in [-0.05, 0) is 36.6 Å². The van der Waals surface area contributed by atoms with E-state index in [0.29, 0.717) is 17.0 Å². The molecule has 0 aliphatic rings. The Labute approximate surface area is 142 Å². The van der Waals surface area contributed by atoms with Gasteiger partial charge in [-0.2, -0.15) is 0 Å². The summed E-state index contributed by atoms with van der Waals surface area (Å²) in [6.07, 6.45) is 0.430. The second-order valence-corrected chi connectivity index (χ2v) is 8.02. The van der Waals surface area contributed by atoms with Crippen LogP contribution in [0.4, 0.5) is 0 Å². The minimum atomic E-state index is -3.47. The topological polar surface area (TPSA) is 66.4 Å². The average Bonchev–Trinajstić information content (AvgIpc) is 2.53. The van der Waals surface area contributed by atoms with Gasteiger partial charge in [-0.3, -0.25) is 0 Å². The fraction of sp³-hybridized carbons (Fsp3) is 0.294. The molecule has 0 saturated heterocycles. The highest BCUT2D eigenvalue weighted by Crippen LogP contribution is 2.21. The molecule has 2 aromatic carbocycles. The highest BCUT2D eigenvalue weighted by molar-refractivity contribution is 7.89. The van der Waals surface area contributed by atoms with E-state index >= 15 is 0 Å². The van der Waals surface area contributed by atoms with Crippen LogP contribution in [0.25, 0.3) is 0 Å². The molecule has 2 N–H and O–H groups in total. The van der Waals surface area contributed by atoms with Gasteiger partial charge in [-0.15, -0.1) is 0 Å². The van der Waals surface area contributed by atoms with Crippen molar-refractivity contribution in [2.45, 2.75) is 18.9 Å². The lowest BCUT2D eigenvalue weighted by Gasteiger charge is -2.24. The monoisotopic (exact) mass is 353 g/mol. The van der Waals surface area contributed by atoms with Crippen molar-refractivity contribution in [2.24, 2.45) is 0 Å². The molecule has 4 nitrogen and oxygen atoms in total. The van der Waals surface area contributed by atoms with Crippen LogP contribution in [0.5, 0.6) is 0 Å². The largest absolute Gasteiger partial charge is 0.384 e. The highest BCUT2D eigenvalue weighted by atomic mass is 35.5. The molecule has 0 aliphatic carbocycles. The molecule has 0 heterocycles. The summed E-state index contributed by atoms with van der Waals surface area (Å²) < 4.78 is 26.7. The summed E-state index contributed by atoms with van der Waals surface area (Å²) >= 11 is 5.82. The van der Waals surface area contributed by atoms with Crippen LogP contribution in [0.2, 0.25) is 5.02 Å². The number of hydrogen-bond acceptors (Lipinski definition) is 3. The molecule has 0 spiro atoms. The van der Waals surface area contributed by atoms with E-state index in [-0.39, 0.29) is 12.3 Å². The van der Waals surface area contributed by atoms with Crippen molar-refractivity contribution in [3.63, 3.8) is 0 Å². The Kier molecular flexibility index (Phi) is 5.81. The van der Waals surface area contributed by atoms with Gasteiger partial charge in [0.2, 0.25) is 10.0 Å². The van der Waals surface area contributed by atoms with E-state index in [4.69, 9.17) is 11.6 Å². The summed E-state index contributed by atoms with van der Waals surface area (Å²) in [5, 5.41) is 11.0. The van der Waals surface area contributed by atoms with Crippen molar-refractivity contribution in [3.05, 3.63) is 70.7 Å². The molecule has 0 radical (unpaired) electrons. The van der Waals surface area contributed by atoms with Crippen LogP contribution in [0, 0.1) is 0 Å². The molecule has 2 aromatic rings. The maximum Gasteiger partial charge on any atom is 0.212 e. The fourth-order valence-corrected chi connectivity index (χ4v) is 3.41. The molecule has 124 valence electrons. The van der Waals surface area contributed by atoms with Crippen molar-refractivity contribution in [3.8, 4) is 0 Å². The van der Waals surface area contributed by atoms with Crippen molar-refractivity contribution in [1.82, 2.24) is 4.72 Å². The van der Waals surface area contributed by atoms with E-state index in [1.165, 1.54) is 0 Å². The standard InChI is InChI=1S/C17H20ClNO3S/c1-17(20,15-7-9-16(18)10-8-15)13-19-23(21,22)12-11-14-5-3-2-4-6-14/h2-10,19-20H,11-13H2,1H3. The maximum atomic E-state index is 12.1. The lowest BCUT2D eigenvalue weighted by molar-refractivity contribution is 0.0627. The predicted octanol–water partition coefficient (Wildman–Crippen LogP) is 2.71. The Morgan fingerprint density at radius 3 is 2.30 bits per heavy atom. The first-order chi connectivity index (χ1) is 10.8. The molecular weight excluding hydrogens is 334 g/mol. The molecule has 0 bridgehead atoms. The van der Waals surface area contributed by atoms with E-state index in [9.17, 15) is 13.5 Å². The third-order valence-electron chi connectivity index (χ3n) is 3.60. The molecule has 1 unspecified atom stereocenters. The Morgan fingerprint density at radius 1 is 1.09 bits per heavy atom. The van der Waals surface area contributed by atoms with E-state index in [2.05, 4.69) is 4.72 Å². The number of benzene rings is 2. The van der Waals surface area contributed by atoms with Gasteiger partial charge in [0.1, 0.15) is 5.60 Å². The zero-order chi connectivity index (χ0) is 16.9. The summed E-state index contributed by atoms with van der Waals surface area (Å²) in [4.78, 5) is 0. The van der Waals surface area contributed by atoms with Crippen molar-refractivity contribution in [1.29, 1.82) is 0 Å². The highest BCUT2D eigenvalue weighted by Gasteiger charge is 2.25. The van der Waals surface area contributed by atoms with Crippen LogP contribution < -0.4 is 4.72 Å². The SMILES string of the molecule is CC(O)(CNS(=O)(=O)CCc1ccccc1)c1ccc(Cl)cc1. The molecule has 0 aliphatic heterocycles. The molecule has 0 saturated carbocycles. The Hall–Kier alpha value is -1.40. The molecular formula is C17H20ClNO3S. The zero-order valence-corrected chi connectivity index (χ0v) is 14.4. The number of aliphatic hydroxyl groups is 1. The Balaban J connectivity index is 1.94. The first kappa shape index (κ1) is 17.9. The number of halogens is 1. The van der Waals surface area contributed by atoms with Gasteiger partial charge < -0.3 is 5.11 Å². The Bertz CT molecular complexity index is 728. The van der Waals surface area contributed by atoms with E-state index in [1.54, 1.807) is 31.2 Å². The van der Waals surface area contributed by atoms with Gasteiger partial charge in [0.15, 0.2) is 0 Å². The predicted molar refractivity (Wildman–Crippen MR) is 93.0 cm³/mol. The van der Waals surface area contributed by atoms with Crippen LogP contribution in [0.1, 0.15) is 18.1 Å². The molecule has 0 aromatic heterocycles. The fourth-order valence-electron chi connectivity index (χ4n) is 2.13. The van der Waals surface area contributed by atoms with Crippen LogP contribution in [0.3, 0.4) is 0 Å². The summed E-state index contributed by atoms with van der Waals surface area (Å²) in [6, 6.07) is 16.1. The smallest absolute Gasteiger partial charge is 0.212 e. The third-order valence-corrected chi connectivity index (χ3v) is 5.18. The minimum absolute atomic E-state index is 0.0201. The number of nitrogens with one attached hydrogen (secondary N) is 1. The minimum Gasteiger partial charge on any atom is -0.384 e.